The molecule has 3 rings (SSSR count). The van der Waals surface area contributed by atoms with Crippen LogP contribution in [-0.4, -0.2) is 28.2 Å². The SMILES string of the molecule is COc1c(C(=O)O)nc(-c2ccc(C3CC3)nc2)c(F)c1N. The number of carboxylic acids is 1. The Bertz CT molecular complexity index is 743. The van der Waals surface area contributed by atoms with Crippen molar-refractivity contribution in [3.05, 3.63) is 35.5 Å². The van der Waals surface area contributed by atoms with E-state index in [0.717, 1.165) is 18.5 Å². The average Bonchev–Trinajstić information content (AvgIpc) is 3.34. The van der Waals surface area contributed by atoms with Gasteiger partial charge in [0, 0.05) is 23.4 Å². The normalized spacial score (nSPS) is 13.9. The van der Waals surface area contributed by atoms with Gasteiger partial charge >= 0.3 is 5.97 Å². The highest BCUT2D eigenvalue weighted by Crippen LogP contribution is 2.39. The van der Waals surface area contributed by atoms with E-state index in [4.69, 9.17) is 10.5 Å². The summed E-state index contributed by atoms with van der Waals surface area (Å²) in [5.74, 6) is -1.96. The second-order valence-electron chi connectivity index (χ2n) is 5.12. The number of anilines is 1. The van der Waals surface area contributed by atoms with Crippen LogP contribution in [0.5, 0.6) is 5.75 Å². The molecule has 22 heavy (non-hydrogen) atoms. The molecular formula is C15H14FN3O3. The smallest absolute Gasteiger partial charge is 0.358 e. The molecule has 0 aromatic carbocycles. The van der Waals surface area contributed by atoms with E-state index in [-0.39, 0.29) is 17.1 Å². The monoisotopic (exact) mass is 303 g/mol. The zero-order chi connectivity index (χ0) is 15.9. The fraction of sp³-hybridized carbons (Fsp3) is 0.267. The molecule has 6 nitrogen and oxygen atoms in total. The van der Waals surface area contributed by atoms with Gasteiger partial charge in [-0.1, -0.05) is 0 Å². The van der Waals surface area contributed by atoms with Crippen LogP contribution in [0.2, 0.25) is 0 Å². The van der Waals surface area contributed by atoms with Crippen molar-refractivity contribution in [1.82, 2.24) is 9.97 Å². The number of aromatic nitrogens is 2. The molecule has 0 saturated heterocycles. The molecule has 2 aromatic heterocycles. The molecule has 0 amide bonds. The first-order valence-electron chi connectivity index (χ1n) is 6.75. The third kappa shape index (κ3) is 2.34. The third-order valence-electron chi connectivity index (χ3n) is 3.59. The van der Waals surface area contributed by atoms with Crippen LogP contribution in [0.1, 0.15) is 34.9 Å². The maximum atomic E-state index is 14.4. The summed E-state index contributed by atoms with van der Waals surface area (Å²) in [4.78, 5) is 19.4. The van der Waals surface area contributed by atoms with E-state index in [1.165, 1.54) is 13.3 Å². The minimum Gasteiger partial charge on any atom is -0.492 e. The largest absolute Gasteiger partial charge is 0.492 e. The van der Waals surface area contributed by atoms with Gasteiger partial charge in [-0.15, -0.1) is 0 Å². The quantitative estimate of drug-likeness (QED) is 0.900. The van der Waals surface area contributed by atoms with Crippen molar-refractivity contribution in [2.24, 2.45) is 0 Å². The van der Waals surface area contributed by atoms with Crippen molar-refractivity contribution in [3.63, 3.8) is 0 Å². The van der Waals surface area contributed by atoms with Gasteiger partial charge in [0.1, 0.15) is 11.4 Å². The number of halogens is 1. The fourth-order valence-corrected chi connectivity index (χ4v) is 2.28. The summed E-state index contributed by atoms with van der Waals surface area (Å²) < 4.78 is 19.2. The molecule has 7 heteroatoms. The topological polar surface area (TPSA) is 98.3 Å². The Morgan fingerprint density at radius 3 is 2.68 bits per heavy atom. The summed E-state index contributed by atoms with van der Waals surface area (Å²) in [6, 6.07) is 3.47. The van der Waals surface area contributed by atoms with Crippen molar-refractivity contribution in [2.45, 2.75) is 18.8 Å². The summed E-state index contributed by atoms with van der Waals surface area (Å²) >= 11 is 0. The van der Waals surface area contributed by atoms with Gasteiger partial charge in [-0.05, 0) is 25.0 Å². The molecule has 3 N–H and O–H groups in total. The van der Waals surface area contributed by atoms with Gasteiger partial charge in [0.05, 0.1) is 7.11 Å². The van der Waals surface area contributed by atoms with E-state index >= 15 is 0 Å². The molecule has 0 radical (unpaired) electrons. The zero-order valence-corrected chi connectivity index (χ0v) is 11.8. The van der Waals surface area contributed by atoms with Gasteiger partial charge in [0.2, 0.25) is 0 Å². The second kappa shape index (κ2) is 5.25. The minimum absolute atomic E-state index is 0.148. The summed E-state index contributed by atoms with van der Waals surface area (Å²) in [6.45, 7) is 0. The van der Waals surface area contributed by atoms with E-state index in [9.17, 15) is 14.3 Å². The first-order chi connectivity index (χ1) is 10.5. The Kier molecular flexibility index (Phi) is 3.40. The van der Waals surface area contributed by atoms with Crippen LogP contribution in [-0.2, 0) is 0 Å². The van der Waals surface area contributed by atoms with Crippen LogP contribution in [0, 0.1) is 5.82 Å². The van der Waals surface area contributed by atoms with E-state index in [2.05, 4.69) is 9.97 Å². The van der Waals surface area contributed by atoms with Gasteiger partial charge in [-0.25, -0.2) is 14.2 Å². The summed E-state index contributed by atoms with van der Waals surface area (Å²) in [7, 11) is 1.21. The van der Waals surface area contributed by atoms with Crippen molar-refractivity contribution >= 4 is 11.7 Å². The molecule has 1 fully saturated rings. The Hall–Kier alpha value is -2.70. The highest BCUT2D eigenvalue weighted by atomic mass is 19.1. The van der Waals surface area contributed by atoms with Crippen LogP contribution in [0.4, 0.5) is 10.1 Å². The predicted octanol–water partition coefficient (Wildman–Crippen LogP) is 2.45. The molecule has 2 heterocycles. The van der Waals surface area contributed by atoms with Crippen LogP contribution in [0.3, 0.4) is 0 Å². The molecule has 0 unspecified atom stereocenters. The first-order valence-corrected chi connectivity index (χ1v) is 6.75. The number of nitrogen functional groups attached to an aromatic ring is 1. The highest BCUT2D eigenvalue weighted by Gasteiger charge is 2.26. The number of hydrogen-bond donors (Lipinski definition) is 2. The predicted molar refractivity (Wildman–Crippen MR) is 77.3 cm³/mol. The number of rotatable bonds is 4. The summed E-state index contributed by atoms with van der Waals surface area (Å²) in [6.07, 6.45) is 3.70. The molecule has 0 aliphatic heterocycles. The lowest BCUT2D eigenvalue weighted by Crippen LogP contribution is -2.10. The first kappa shape index (κ1) is 14.2. The van der Waals surface area contributed by atoms with Crippen molar-refractivity contribution in [2.75, 3.05) is 12.8 Å². The van der Waals surface area contributed by atoms with Crippen LogP contribution >= 0.6 is 0 Å². The summed E-state index contributed by atoms with van der Waals surface area (Å²) in [5, 5.41) is 9.17. The van der Waals surface area contributed by atoms with E-state index in [0.29, 0.717) is 11.5 Å². The molecule has 0 atom stereocenters. The Morgan fingerprint density at radius 2 is 2.18 bits per heavy atom. The van der Waals surface area contributed by atoms with Gasteiger partial charge in [0.15, 0.2) is 17.3 Å². The second-order valence-corrected chi connectivity index (χ2v) is 5.12. The molecule has 1 aliphatic rings. The maximum Gasteiger partial charge on any atom is 0.358 e. The zero-order valence-electron chi connectivity index (χ0n) is 11.8. The standard InChI is InChI=1S/C15H14FN3O3/c1-22-14-11(17)10(16)12(19-13(14)15(20)21)8-4-5-9(18-6-8)7-2-3-7/h4-7H,2-3H2,1H3,(H2,17,19)(H,20,21). The number of aromatic carboxylic acids is 1. The van der Waals surface area contributed by atoms with E-state index < -0.39 is 17.5 Å². The lowest BCUT2D eigenvalue weighted by molar-refractivity contribution is 0.0686. The average molecular weight is 303 g/mol. The molecule has 0 bridgehead atoms. The van der Waals surface area contributed by atoms with Crippen LogP contribution in [0.25, 0.3) is 11.3 Å². The number of pyridine rings is 2. The number of hydrogen-bond acceptors (Lipinski definition) is 5. The highest BCUT2D eigenvalue weighted by molar-refractivity contribution is 5.92. The van der Waals surface area contributed by atoms with Crippen molar-refractivity contribution in [1.29, 1.82) is 0 Å². The summed E-state index contributed by atoms with van der Waals surface area (Å²) in [5.41, 5.74) is 6.00. The number of carboxylic acid groups (broad SMARTS) is 1. The maximum absolute atomic E-state index is 14.4. The molecule has 1 aliphatic carbocycles. The lowest BCUT2D eigenvalue weighted by Gasteiger charge is -2.12. The lowest BCUT2D eigenvalue weighted by atomic mass is 10.1. The van der Waals surface area contributed by atoms with Crippen LogP contribution < -0.4 is 10.5 Å². The Labute approximate surface area is 125 Å². The fourth-order valence-electron chi connectivity index (χ4n) is 2.28. The van der Waals surface area contributed by atoms with Gasteiger partial charge in [-0.2, -0.15) is 0 Å². The molecule has 114 valence electrons. The third-order valence-corrected chi connectivity index (χ3v) is 3.59. The Morgan fingerprint density at radius 1 is 1.45 bits per heavy atom. The molecule has 2 aromatic rings. The van der Waals surface area contributed by atoms with E-state index in [1.54, 1.807) is 12.1 Å². The minimum atomic E-state index is -1.34. The van der Waals surface area contributed by atoms with Gasteiger partial charge in [-0.3, -0.25) is 4.98 Å². The van der Waals surface area contributed by atoms with Gasteiger partial charge < -0.3 is 15.6 Å². The number of carbonyl (C=O) groups is 1. The van der Waals surface area contributed by atoms with Crippen LogP contribution in [0.15, 0.2) is 18.3 Å². The number of nitrogens with two attached hydrogens (primary N) is 1. The van der Waals surface area contributed by atoms with E-state index in [1.807, 2.05) is 0 Å². The molecular weight excluding hydrogens is 289 g/mol. The number of methoxy groups -OCH3 is 1. The Balaban J connectivity index is 2.11. The number of nitrogens with zero attached hydrogens (tertiary/aromatic N) is 2. The molecule has 0 spiro atoms. The van der Waals surface area contributed by atoms with Gasteiger partial charge in [0.25, 0.3) is 0 Å². The van der Waals surface area contributed by atoms with Crippen molar-refractivity contribution in [3.8, 4) is 17.0 Å². The van der Waals surface area contributed by atoms with Crippen molar-refractivity contribution < 1.29 is 19.0 Å². The molecule has 1 saturated carbocycles. The number of ether oxygens (including phenoxy) is 1.